The Morgan fingerprint density at radius 1 is 0.952 bits per heavy atom. The highest BCUT2D eigenvalue weighted by molar-refractivity contribution is 7.92. The third kappa shape index (κ3) is 7.93. The number of hydrogen-bond acceptors (Lipinski definition) is 4. The summed E-state index contributed by atoms with van der Waals surface area (Å²) < 4.78 is 49.4. The number of anilines is 1. The first-order valence-corrected chi connectivity index (χ1v) is 16.9. The Morgan fingerprint density at radius 2 is 1.71 bits per heavy atom. The van der Waals surface area contributed by atoms with Crippen LogP contribution in [0.2, 0.25) is 0 Å². The Balaban J connectivity index is 1.15. The molecule has 1 N–H and O–H groups in total. The van der Waals surface area contributed by atoms with Crippen LogP contribution in [-0.4, -0.2) is 33.0 Å². The molecule has 3 aromatic carbocycles. The molecule has 5 nitrogen and oxygen atoms in total. The highest BCUT2D eigenvalue weighted by Gasteiger charge is 2.22. The molecule has 0 bridgehead atoms. The number of nitrogens with zero attached hydrogens (tertiary/aromatic N) is 1. The van der Waals surface area contributed by atoms with Crippen LogP contribution in [0.15, 0.2) is 65.6 Å². The summed E-state index contributed by atoms with van der Waals surface area (Å²) in [7, 11) is -3.93. The van der Waals surface area contributed by atoms with Crippen molar-refractivity contribution in [3.05, 3.63) is 88.7 Å². The van der Waals surface area contributed by atoms with Crippen molar-refractivity contribution >= 4 is 15.7 Å². The van der Waals surface area contributed by atoms with Gasteiger partial charge >= 0.3 is 0 Å². The van der Waals surface area contributed by atoms with Gasteiger partial charge in [0.15, 0.2) is 5.82 Å². The first kappa shape index (κ1) is 30.6. The number of ether oxygens (including phenoxy) is 1. The Morgan fingerprint density at radius 3 is 2.43 bits per heavy atom. The van der Waals surface area contributed by atoms with E-state index in [4.69, 9.17) is 4.74 Å². The fourth-order valence-electron chi connectivity index (χ4n) is 6.10. The summed E-state index contributed by atoms with van der Waals surface area (Å²) in [6.45, 7) is 9.85. The Labute approximate surface area is 251 Å². The Bertz CT molecular complexity index is 1460. The van der Waals surface area contributed by atoms with E-state index in [1.807, 2.05) is 6.07 Å². The molecule has 2 aliphatic rings. The quantitative estimate of drug-likeness (QED) is 0.260. The van der Waals surface area contributed by atoms with Gasteiger partial charge in [-0.3, -0.25) is 9.62 Å². The van der Waals surface area contributed by atoms with Crippen LogP contribution < -0.4 is 9.46 Å². The van der Waals surface area contributed by atoms with Gasteiger partial charge in [0.05, 0.1) is 17.2 Å². The first-order valence-electron chi connectivity index (χ1n) is 15.5. The maximum absolute atomic E-state index is 14.8. The molecular weight excluding hydrogens is 547 g/mol. The molecule has 0 unspecified atom stereocenters. The van der Waals surface area contributed by atoms with E-state index >= 15 is 0 Å². The summed E-state index contributed by atoms with van der Waals surface area (Å²) in [6, 6.07) is 18.5. The zero-order valence-corrected chi connectivity index (χ0v) is 26.1. The minimum Gasteiger partial charge on any atom is -0.493 e. The summed E-state index contributed by atoms with van der Waals surface area (Å²) >= 11 is 0. The standard InChI is InChI=1S/C35H45FN2O3S/c1-35(2,3)30-12-9-27(10-13-30)17-20-38-21-18-28-23-32(15-11-29(28)25-38)42(39,40)37-34-16-14-31(24-33(34)36)41-22-19-26-7-5-4-6-8-26/h9-16,23-24,26,37H,4-8,17-22,25H2,1-3H3. The van der Waals surface area contributed by atoms with Gasteiger partial charge < -0.3 is 4.74 Å². The van der Waals surface area contributed by atoms with Gasteiger partial charge in [-0.2, -0.15) is 0 Å². The van der Waals surface area contributed by atoms with Crippen molar-refractivity contribution < 1.29 is 17.5 Å². The summed E-state index contributed by atoms with van der Waals surface area (Å²) in [4.78, 5) is 2.57. The van der Waals surface area contributed by atoms with E-state index in [-0.39, 0.29) is 16.0 Å². The van der Waals surface area contributed by atoms with E-state index < -0.39 is 15.8 Å². The van der Waals surface area contributed by atoms with Gasteiger partial charge in [0.1, 0.15) is 5.75 Å². The average molecular weight is 593 g/mol. The number of fused-ring (bicyclic) bond motifs is 1. The van der Waals surface area contributed by atoms with Crippen LogP contribution in [-0.2, 0) is 34.8 Å². The number of rotatable bonds is 10. The monoisotopic (exact) mass is 592 g/mol. The maximum atomic E-state index is 14.8. The van der Waals surface area contributed by atoms with E-state index in [0.717, 1.165) is 50.0 Å². The molecule has 5 rings (SSSR count). The zero-order chi connectivity index (χ0) is 29.7. The smallest absolute Gasteiger partial charge is 0.261 e. The van der Waals surface area contributed by atoms with Crippen molar-refractivity contribution in [2.75, 3.05) is 24.4 Å². The largest absolute Gasteiger partial charge is 0.493 e. The maximum Gasteiger partial charge on any atom is 0.261 e. The van der Waals surface area contributed by atoms with E-state index in [1.165, 1.54) is 55.4 Å². The van der Waals surface area contributed by atoms with E-state index in [9.17, 15) is 12.8 Å². The lowest BCUT2D eigenvalue weighted by Crippen LogP contribution is -2.32. The van der Waals surface area contributed by atoms with Crippen molar-refractivity contribution in [3.63, 3.8) is 0 Å². The molecule has 0 aromatic heterocycles. The van der Waals surface area contributed by atoms with Gasteiger partial charge in [-0.05, 0) is 77.1 Å². The van der Waals surface area contributed by atoms with Crippen LogP contribution in [0.3, 0.4) is 0 Å². The normalized spacial score (nSPS) is 16.7. The lowest BCUT2D eigenvalue weighted by Gasteiger charge is -2.29. The highest BCUT2D eigenvalue weighted by atomic mass is 32.2. The second-order valence-electron chi connectivity index (χ2n) is 13.0. The molecule has 0 spiro atoms. The average Bonchev–Trinajstić information content (AvgIpc) is 2.97. The topological polar surface area (TPSA) is 58.6 Å². The molecule has 226 valence electrons. The fraction of sp³-hybridized carbons (Fsp3) is 0.486. The number of hydrogen-bond donors (Lipinski definition) is 1. The first-order chi connectivity index (χ1) is 20.1. The van der Waals surface area contributed by atoms with Crippen molar-refractivity contribution in [2.45, 2.75) is 89.0 Å². The number of benzene rings is 3. The molecule has 1 aliphatic heterocycles. The molecule has 1 heterocycles. The van der Waals surface area contributed by atoms with Gasteiger partial charge in [0.25, 0.3) is 10.0 Å². The van der Waals surface area contributed by atoms with E-state index in [1.54, 1.807) is 18.2 Å². The van der Waals surface area contributed by atoms with Gasteiger partial charge in [-0.15, -0.1) is 0 Å². The van der Waals surface area contributed by atoms with Crippen LogP contribution in [0, 0.1) is 11.7 Å². The fourth-order valence-corrected chi connectivity index (χ4v) is 7.21. The molecule has 0 atom stereocenters. The predicted molar refractivity (Wildman–Crippen MR) is 168 cm³/mol. The zero-order valence-electron chi connectivity index (χ0n) is 25.3. The van der Waals surface area contributed by atoms with Crippen molar-refractivity contribution in [1.82, 2.24) is 4.90 Å². The van der Waals surface area contributed by atoms with Crippen LogP contribution in [0.25, 0.3) is 0 Å². The molecule has 0 saturated heterocycles. The third-order valence-electron chi connectivity index (χ3n) is 8.82. The molecule has 3 aromatic rings. The van der Waals surface area contributed by atoms with Crippen molar-refractivity contribution in [1.29, 1.82) is 0 Å². The second kappa shape index (κ2) is 13.2. The summed E-state index contributed by atoms with van der Waals surface area (Å²) in [5, 5.41) is 0. The van der Waals surface area contributed by atoms with Crippen LogP contribution in [0.5, 0.6) is 5.75 Å². The molecule has 0 radical (unpaired) electrons. The third-order valence-corrected chi connectivity index (χ3v) is 10.2. The van der Waals surface area contributed by atoms with Crippen LogP contribution >= 0.6 is 0 Å². The number of sulfonamides is 1. The molecule has 42 heavy (non-hydrogen) atoms. The molecule has 7 heteroatoms. The van der Waals surface area contributed by atoms with Crippen LogP contribution in [0.1, 0.15) is 81.5 Å². The number of nitrogens with one attached hydrogen (secondary N) is 1. The molecule has 1 fully saturated rings. The SMILES string of the molecule is CC(C)(C)c1ccc(CCN2CCc3cc(S(=O)(=O)Nc4ccc(OCCC5CCCCC5)cc4F)ccc3C2)cc1. The molecular formula is C35H45FN2O3S. The molecule has 1 saturated carbocycles. The van der Waals surface area contributed by atoms with Gasteiger partial charge in [-0.1, -0.05) is 83.2 Å². The van der Waals surface area contributed by atoms with Crippen molar-refractivity contribution in [2.24, 2.45) is 5.92 Å². The lowest BCUT2D eigenvalue weighted by atomic mass is 9.86. The van der Waals surface area contributed by atoms with Gasteiger partial charge in [0.2, 0.25) is 0 Å². The lowest BCUT2D eigenvalue weighted by molar-refractivity contribution is 0.245. The Kier molecular flexibility index (Phi) is 9.58. The summed E-state index contributed by atoms with van der Waals surface area (Å²) in [5.41, 5.74) is 4.92. The molecule has 1 aliphatic carbocycles. The highest BCUT2D eigenvalue weighted by Crippen LogP contribution is 2.29. The van der Waals surface area contributed by atoms with Gasteiger partial charge in [-0.25, -0.2) is 12.8 Å². The van der Waals surface area contributed by atoms with Crippen LogP contribution in [0.4, 0.5) is 10.1 Å². The second-order valence-corrected chi connectivity index (χ2v) is 14.7. The summed E-state index contributed by atoms with van der Waals surface area (Å²) in [5.74, 6) is 0.465. The number of halogens is 1. The summed E-state index contributed by atoms with van der Waals surface area (Å²) in [6.07, 6.45) is 9.09. The predicted octanol–water partition coefficient (Wildman–Crippen LogP) is 7.87. The minimum absolute atomic E-state index is 0.0749. The van der Waals surface area contributed by atoms with E-state index in [0.29, 0.717) is 18.3 Å². The van der Waals surface area contributed by atoms with E-state index in [2.05, 4.69) is 54.7 Å². The van der Waals surface area contributed by atoms with Gasteiger partial charge in [0, 0.05) is 25.7 Å². The molecule has 0 amide bonds. The minimum atomic E-state index is -3.93. The van der Waals surface area contributed by atoms with Crippen molar-refractivity contribution in [3.8, 4) is 5.75 Å². The Hall–Kier alpha value is -2.90.